The maximum absolute atomic E-state index is 12.2. The fourth-order valence-electron chi connectivity index (χ4n) is 2.36. The minimum atomic E-state index is -0.999. The monoisotopic (exact) mass is 414 g/mol. The first-order chi connectivity index (χ1) is 13.9. The normalized spacial score (nSPS) is 10.1. The molecule has 0 unspecified atom stereocenters. The summed E-state index contributed by atoms with van der Waals surface area (Å²) in [6.45, 7) is 0. The number of amides is 5. The van der Waals surface area contributed by atoms with Crippen molar-refractivity contribution in [3.63, 3.8) is 0 Å². The summed E-state index contributed by atoms with van der Waals surface area (Å²) in [6.07, 6.45) is 0. The van der Waals surface area contributed by atoms with Crippen LogP contribution < -0.4 is 26.9 Å². The molecule has 1 heterocycles. The first kappa shape index (κ1) is 19.6. The molecule has 5 amide bonds. The topological polar surface area (TPSA) is 169 Å². The third kappa shape index (κ3) is 5.20. The quantitative estimate of drug-likeness (QED) is 0.197. The second-order valence-electron chi connectivity index (χ2n) is 5.56. The van der Waals surface area contributed by atoms with Crippen molar-refractivity contribution >= 4 is 53.0 Å². The molecular weight excluding hydrogens is 400 g/mol. The van der Waals surface area contributed by atoms with E-state index in [0.29, 0.717) is 22.0 Å². The number of benzene rings is 2. The van der Waals surface area contributed by atoms with E-state index in [2.05, 4.69) is 43.9 Å². The molecule has 148 valence electrons. The van der Waals surface area contributed by atoms with E-state index < -0.39 is 18.0 Å². The van der Waals surface area contributed by atoms with Crippen molar-refractivity contribution in [2.45, 2.75) is 5.16 Å². The van der Waals surface area contributed by atoms with E-state index >= 15 is 0 Å². The average molecular weight is 414 g/mol. The molecule has 0 radical (unpaired) electrons. The highest BCUT2D eigenvalue weighted by Gasteiger charge is 2.10. The van der Waals surface area contributed by atoms with Gasteiger partial charge in [-0.25, -0.2) is 20.0 Å². The second-order valence-corrected chi connectivity index (χ2v) is 5.99. The number of nitrogens with one attached hydrogen (secondary N) is 6. The molecule has 13 heteroatoms. The van der Waals surface area contributed by atoms with Gasteiger partial charge in [0.2, 0.25) is 0 Å². The van der Waals surface area contributed by atoms with Gasteiger partial charge in [0.1, 0.15) is 0 Å². The van der Waals surface area contributed by atoms with Gasteiger partial charge >= 0.3 is 12.1 Å². The molecule has 0 spiro atoms. The lowest BCUT2D eigenvalue weighted by Crippen LogP contribution is -2.45. The summed E-state index contributed by atoms with van der Waals surface area (Å²) in [5, 5.41) is 7.88. The summed E-state index contributed by atoms with van der Waals surface area (Å²) in [7, 11) is 0. The highest BCUT2D eigenvalue weighted by atomic mass is 32.1. The highest BCUT2D eigenvalue weighted by Crippen LogP contribution is 2.19. The van der Waals surface area contributed by atoms with Crippen LogP contribution in [-0.4, -0.2) is 27.9 Å². The molecule has 0 aliphatic heterocycles. The molecule has 1 aromatic heterocycles. The number of urea groups is 2. The zero-order chi connectivity index (χ0) is 20.8. The van der Waals surface area contributed by atoms with E-state index in [-0.39, 0.29) is 5.56 Å². The molecule has 0 saturated carbocycles. The summed E-state index contributed by atoms with van der Waals surface area (Å²) >= 11 is 4.13. The van der Waals surface area contributed by atoms with Gasteiger partial charge in [0.05, 0.1) is 16.3 Å². The number of nitroso groups, excluding NO2 is 1. The second kappa shape index (κ2) is 8.71. The van der Waals surface area contributed by atoms with Gasteiger partial charge < -0.3 is 15.6 Å². The van der Waals surface area contributed by atoms with Crippen molar-refractivity contribution in [3.05, 3.63) is 52.9 Å². The number of anilines is 2. The fourth-order valence-corrected chi connectivity index (χ4v) is 2.59. The fraction of sp³-hybridized carbons (Fsp3) is 0. The molecule has 0 aliphatic carbocycles. The summed E-state index contributed by atoms with van der Waals surface area (Å²) in [4.78, 5) is 52.3. The van der Waals surface area contributed by atoms with Crippen LogP contribution in [0.5, 0.6) is 0 Å². The average Bonchev–Trinajstić information content (AvgIpc) is 3.05. The van der Waals surface area contributed by atoms with E-state index in [9.17, 15) is 19.3 Å². The molecule has 12 nitrogen and oxygen atoms in total. The van der Waals surface area contributed by atoms with Crippen LogP contribution in [0.15, 0.2) is 52.9 Å². The molecule has 0 bridgehead atoms. The Hall–Kier alpha value is -4.13. The van der Waals surface area contributed by atoms with E-state index in [0.717, 1.165) is 5.52 Å². The molecule has 6 N–H and O–H groups in total. The molecule has 0 fully saturated rings. The SMILES string of the molecule is O=NNC(=O)NNC(=O)c1cccc(NC(=O)Nc2ccc3[nH]c(S)nc3c2)c1. The zero-order valence-electron chi connectivity index (χ0n) is 14.5. The smallest absolute Gasteiger partial charge is 0.333 e. The molecular formula is C16H14N8O4S. The molecule has 0 atom stereocenters. The Kier molecular flexibility index (Phi) is 5.89. The van der Waals surface area contributed by atoms with Crippen LogP contribution in [0.3, 0.4) is 0 Å². The van der Waals surface area contributed by atoms with Gasteiger partial charge in [-0.15, -0.1) is 17.5 Å². The van der Waals surface area contributed by atoms with Crippen molar-refractivity contribution < 1.29 is 14.4 Å². The van der Waals surface area contributed by atoms with Crippen LogP contribution in [0.2, 0.25) is 0 Å². The van der Waals surface area contributed by atoms with Crippen LogP contribution in [0.1, 0.15) is 10.4 Å². The standard InChI is InChI=1S/C16H14N8O4S/c25-13(21-22-15(27)23-24-28)8-2-1-3-9(6-8)17-14(26)18-10-4-5-11-12(7-10)20-16(29)19-11/h1-7H,(H,21,25)(H2,17,18,26)(H2,19,20,29)(H2,22,23,27,28). The molecule has 0 saturated heterocycles. The van der Waals surface area contributed by atoms with Gasteiger partial charge in [0.25, 0.3) is 5.91 Å². The van der Waals surface area contributed by atoms with Gasteiger partial charge in [0, 0.05) is 16.9 Å². The Balaban J connectivity index is 1.61. The van der Waals surface area contributed by atoms with Crippen LogP contribution in [-0.2, 0) is 0 Å². The van der Waals surface area contributed by atoms with E-state index in [1.165, 1.54) is 12.1 Å². The first-order valence-corrected chi connectivity index (χ1v) is 8.45. The van der Waals surface area contributed by atoms with E-state index in [1.807, 2.05) is 5.43 Å². The largest absolute Gasteiger partial charge is 0.356 e. The number of thiol groups is 1. The van der Waals surface area contributed by atoms with Gasteiger partial charge in [0.15, 0.2) is 5.16 Å². The maximum Gasteiger partial charge on any atom is 0.356 e. The Morgan fingerprint density at radius 3 is 2.48 bits per heavy atom. The number of imidazole rings is 1. The van der Waals surface area contributed by atoms with Crippen LogP contribution in [0.4, 0.5) is 21.0 Å². The number of nitrogens with zero attached hydrogens (tertiary/aromatic N) is 2. The predicted molar refractivity (Wildman–Crippen MR) is 107 cm³/mol. The Morgan fingerprint density at radius 2 is 1.72 bits per heavy atom. The number of hydrazine groups is 1. The predicted octanol–water partition coefficient (Wildman–Crippen LogP) is 2.12. The zero-order valence-corrected chi connectivity index (χ0v) is 15.4. The lowest BCUT2D eigenvalue weighted by Gasteiger charge is -2.10. The Labute approximate surface area is 168 Å². The minimum Gasteiger partial charge on any atom is -0.333 e. The van der Waals surface area contributed by atoms with Crippen LogP contribution >= 0.6 is 12.6 Å². The molecule has 0 aliphatic rings. The van der Waals surface area contributed by atoms with Gasteiger partial charge in [-0.1, -0.05) is 6.07 Å². The highest BCUT2D eigenvalue weighted by molar-refractivity contribution is 7.80. The number of hydrogen-bond donors (Lipinski definition) is 7. The summed E-state index contributed by atoms with van der Waals surface area (Å²) in [6, 6.07) is 9.60. The number of carbonyl (C=O) groups is 3. The maximum atomic E-state index is 12.2. The van der Waals surface area contributed by atoms with Gasteiger partial charge in [-0.2, -0.15) is 5.43 Å². The number of fused-ring (bicyclic) bond motifs is 1. The summed E-state index contributed by atoms with van der Waals surface area (Å²) < 4.78 is 0. The Bertz CT molecular complexity index is 1100. The molecule has 3 rings (SSSR count). The van der Waals surface area contributed by atoms with E-state index in [4.69, 9.17) is 0 Å². The Morgan fingerprint density at radius 1 is 0.966 bits per heavy atom. The molecule has 29 heavy (non-hydrogen) atoms. The minimum absolute atomic E-state index is 0.154. The van der Waals surface area contributed by atoms with E-state index in [1.54, 1.807) is 35.8 Å². The van der Waals surface area contributed by atoms with Gasteiger partial charge in [-0.3, -0.25) is 10.2 Å². The van der Waals surface area contributed by atoms with Crippen molar-refractivity contribution in [2.75, 3.05) is 10.6 Å². The number of carbonyl (C=O) groups excluding carboxylic acids is 3. The van der Waals surface area contributed by atoms with Crippen molar-refractivity contribution in [1.82, 2.24) is 26.2 Å². The number of H-pyrrole nitrogens is 1. The molecule has 2 aromatic carbocycles. The lowest BCUT2D eigenvalue weighted by atomic mass is 10.2. The lowest BCUT2D eigenvalue weighted by molar-refractivity contribution is 0.0936. The molecule has 3 aromatic rings. The summed E-state index contributed by atoms with van der Waals surface area (Å²) in [5.41, 5.74) is 8.01. The number of aromatic amines is 1. The van der Waals surface area contributed by atoms with Crippen molar-refractivity contribution in [3.8, 4) is 0 Å². The van der Waals surface area contributed by atoms with Crippen LogP contribution in [0.25, 0.3) is 11.0 Å². The third-order valence-electron chi connectivity index (χ3n) is 3.55. The van der Waals surface area contributed by atoms with Gasteiger partial charge in [-0.05, 0) is 36.4 Å². The number of rotatable bonds is 4. The van der Waals surface area contributed by atoms with Crippen LogP contribution in [0, 0.1) is 4.91 Å². The first-order valence-electron chi connectivity index (χ1n) is 8.00. The third-order valence-corrected chi connectivity index (χ3v) is 3.76. The van der Waals surface area contributed by atoms with Crippen molar-refractivity contribution in [2.24, 2.45) is 5.29 Å². The van der Waals surface area contributed by atoms with Crippen molar-refractivity contribution in [1.29, 1.82) is 0 Å². The number of aromatic nitrogens is 2. The summed E-state index contributed by atoms with van der Waals surface area (Å²) in [5.74, 6) is -0.665. The number of hydrogen-bond acceptors (Lipinski definition) is 7.